The molecule has 204 valence electrons. The number of aromatic carboxylic acids is 1. The molecule has 4 atom stereocenters. The van der Waals surface area contributed by atoms with Crippen molar-refractivity contribution in [2.24, 2.45) is 0 Å². The molecule has 6 rings (SSSR count). The second kappa shape index (κ2) is 9.79. The van der Waals surface area contributed by atoms with E-state index in [1.807, 2.05) is 6.07 Å². The van der Waals surface area contributed by atoms with Crippen molar-refractivity contribution in [3.8, 4) is 0 Å². The highest BCUT2D eigenvalue weighted by Gasteiger charge is 2.58. The largest absolute Gasteiger partial charge is 0.478 e. The fourth-order valence-electron chi connectivity index (χ4n) is 4.97. The number of urea groups is 1. The molecular weight excluding hydrogens is 520 g/mol. The van der Waals surface area contributed by atoms with Crippen LogP contribution in [0.3, 0.4) is 0 Å². The number of ketones is 1. The third-order valence-corrected chi connectivity index (χ3v) is 6.61. The Morgan fingerprint density at radius 3 is 2.35 bits per heavy atom. The Morgan fingerprint density at radius 1 is 0.900 bits per heavy atom. The smallest absolute Gasteiger partial charge is 0.336 e. The summed E-state index contributed by atoms with van der Waals surface area (Å²) >= 11 is 0. The van der Waals surface area contributed by atoms with Crippen molar-refractivity contribution in [2.45, 2.75) is 44.2 Å². The van der Waals surface area contributed by atoms with Gasteiger partial charge in [-0.15, -0.1) is 0 Å². The van der Waals surface area contributed by atoms with Crippen LogP contribution in [0.15, 0.2) is 67.3 Å². The highest BCUT2D eigenvalue weighted by atomic mass is 16.8. The number of carboxylic acids is 1. The van der Waals surface area contributed by atoms with Gasteiger partial charge in [-0.05, 0) is 32.0 Å². The first-order chi connectivity index (χ1) is 19.2. The van der Waals surface area contributed by atoms with Gasteiger partial charge in [0.15, 0.2) is 40.9 Å². The van der Waals surface area contributed by atoms with E-state index in [4.69, 9.17) is 14.2 Å². The first-order valence-electron chi connectivity index (χ1n) is 12.4. The predicted molar refractivity (Wildman–Crippen MR) is 140 cm³/mol. The number of hydrogen-bond donors (Lipinski definition) is 3. The SMILES string of the molecule is CC1(C)OC2C(C(=O)c3ccccc3C(=O)O)OC(n3cnc4c(NC(=O)Nc5ccccc5)ncnc43)C2O1. The summed E-state index contributed by atoms with van der Waals surface area (Å²) in [4.78, 5) is 50.8. The monoisotopic (exact) mass is 544 g/mol. The third-order valence-electron chi connectivity index (χ3n) is 6.61. The Bertz CT molecular complexity index is 1620. The number of nitrogens with one attached hydrogen (secondary N) is 2. The topological polar surface area (TPSA) is 167 Å². The van der Waals surface area contributed by atoms with Crippen molar-refractivity contribution >= 4 is 40.5 Å². The number of carbonyl (C=O) groups is 3. The summed E-state index contributed by atoms with van der Waals surface area (Å²) in [6.07, 6.45) is -0.913. The van der Waals surface area contributed by atoms with Gasteiger partial charge in [0.25, 0.3) is 0 Å². The number of anilines is 2. The van der Waals surface area contributed by atoms with Gasteiger partial charge in [-0.2, -0.15) is 0 Å². The lowest BCUT2D eigenvalue weighted by Gasteiger charge is -2.24. The second-order valence-electron chi connectivity index (χ2n) is 9.72. The van der Waals surface area contributed by atoms with E-state index in [1.165, 1.54) is 24.8 Å². The number of benzene rings is 2. The lowest BCUT2D eigenvalue weighted by Crippen LogP contribution is -2.36. The molecule has 2 fully saturated rings. The fourth-order valence-corrected chi connectivity index (χ4v) is 4.97. The molecule has 2 aromatic heterocycles. The number of fused-ring (bicyclic) bond motifs is 2. The zero-order valence-electron chi connectivity index (χ0n) is 21.3. The van der Waals surface area contributed by atoms with Crippen LogP contribution in [0.2, 0.25) is 0 Å². The van der Waals surface area contributed by atoms with Crippen molar-refractivity contribution < 1.29 is 33.7 Å². The third kappa shape index (κ3) is 4.55. The van der Waals surface area contributed by atoms with Gasteiger partial charge in [0.1, 0.15) is 18.5 Å². The summed E-state index contributed by atoms with van der Waals surface area (Å²) < 4.78 is 20.0. The molecule has 2 amide bonds. The van der Waals surface area contributed by atoms with Gasteiger partial charge in [-0.25, -0.2) is 24.5 Å². The van der Waals surface area contributed by atoms with Crippen LogP contribution in [-0.4, -0.2) is 66.5 Å². The minimum atomic E-state index is -1.23. The van der Waals surface area contributed by atoms with E-state index in [1.54, 1.807) is 54.8 Å². The number of amides is 2. The van der Waals surface area contributed by atoms with E-state index >= 15 is 0 Å². The number of aromatic nitrogens is 4. The van der Waals surface area contributed by atoms with Crippen LogP contribution in [0.5, 0.6) is 0 Å². The summed E-state index contributed by atoms with van der Waals surface area (Å²) in [5, 5.41) is 15.0. The number of nitrogens with zero attached hydrogens (tertiary/aromatic N) is 4. The second-order valence-corrected chi connectivity index (χ2v) is 9.72. The molecule has 0 spiro atoms. The molecule has 0 bridgehead atoms. The number of Topliss-reactive ketones (excluding diaryl/α,β-unsaturated/α-hetero) is 1. The Labute approximate surface area is 227 Å². The number of hydrogen-bond acceptors (Lipinski definition) is 9. The molecule has 3 N–H and O–H groups in total. The molecule has 0 saturated carbocycles. The summed E-state index contributed by atoms with van der Waals surface area (Å²) in [5.41, 5.74) is 1.07. The molecule has 13 nitrogen and oxygen atoms in total. The van der Waals surface area contributed by atoms with Crippen LogP contribution in [0.1, 0.15) is 40.8 Å². The van der Waals surface area contributed by atoms with E-state index in [0.717, 1.165) is 0 Å². The molecule has 2 aliphatic heterocycles. The predicted octanol–water partition coefficient (Wildman–Crippen LogP) is 3.47. The summed E-state index contributed by atoms with van der Waals surface area (Å²) in [7, 11) is 0. The molecule has 4 unspecified atom stereocenters. The van der Waals surface area contributed by atoms with E-state index in [2.05, 4.69) is 25.6 Å². The minimum absolute atomic E-state index is 0.00133. The van der Waals surface area contributed by atoms with Crippen LogP contribution in [-0.2, 0) is 14.2 Å². The van der Waals surface area contributed by atoms with E-state index < -0.39 is 48.1 Å². The Morgan fingerprint density at radius 2 is 1.60 bits per heavy atom. The van der Waals surface area contributed by atoms with Gasteiger partial charge in [0, 0.05) is 11.3 Å². The van der Waals surface area contributed by atoms with E-state index in [-0.39, 0.29) is 22.5 Å². The van der Waals surface area contributed by atoms with Crippen molar-refractivity contribution in [1.29, 1.82) is 0 Å². The normalized spacial score (nSPS) is 23.1. The minimum Gasteiger partial charge on any atom is -0.478 e. The van der Waals surface area contributed by atoms with Gasteiger partial charge < -0.3 is 24.6 Å². The van der Waals surface area contributed by atoms with Crippen molar-refractivity contribution in [3.05, 3.63) is 78.4 Å². The maximum atomic E-state index is 13.6. The Kier molecular flexibility index (Phi) is 6.25. The number of para-hydroxylation sites is 1. The van der Waals surface area contributed by atoms with Crippen molar-refractivity contribution in [2.75, 3.05) is 10.6 Å². The standard InChI is InChI=1S/C27H24N6O7/c1-27(2)39-20-19(18(34)15-10-6-7-11-16(15)25(35)36)38-24(21(20)40-27)33-13-30-17-22(28-12-29-23(17)33)32-26(37)31-14-8-4-3-5-9-14/h3-13,19-21,24H,1-2H3,(H,35,36)(H2,28,29,31,32,37). The zero-order valence-corrected chi connectivity index (χ0v) is 21.3. The molecule has 0 aliphatic carbocycles. The van der Waals surface area contributed by atoms with Crippen LogP contribution < -0.4 is 10.6 Å². The first-order valence-corrected chi connectivity index (χ1v) is 12.4. The summed E-state index contributed by atoms with van der Waals surface area (Å²) in [6, 6.07) is 14.3. The quantitative estimate of drug-likeness (QED) is 0.306. The van der Waals surface area contributed by atoms with E-state index in [0.29, 0.717) is 11.3 Å². The van der Waals surface area contributed by atoms with Crippen LogP contribution >= 0.6 is 0 Å². The number of carbonyl (C=O) groups excluding carboxylic acids is 2. The molecular formula is C27H24N6O7. The molecule has 0 radical (unpaired) electrons. The van der Waals surface area contributed by atoms with Gasteiger partial charge in [-0.3, -0.25) is 14.7 Å². The average molecular weight is 545 g/mol. The van der Waals surface area contributed by atoms with Gasteiger partial charge in [0.05, 0.1) is 11.9 Å². The van der Waals surface area contributed by atoms with Gasteiger partial charge in [-0.1, -0.05) is 36.4 Å². The molecule has 2 aliphatic rings. The number of imidazole rings is 1. The Balaban J connectivity index is 1.31. The Hall–Kier alpha value is -4.72. The van der Waals surface area contributed by atoms with Crippen LogP contribution in [0.25, 0.3) is 11.2 Å². The molecule has 2 saturated heterocycles. The first kappa shape index (κ1) is 25.6. The van der Waals surface area contributed by atoms with Crippen LogP contribution in [0, 0.1) is 0 Å². The van der Waals surface area contributed by atoms with Crippen molar-refractivity contribution in [1.82, 2.24) is 19.5 Å². The summed E-state index contributed by atoms with van der Waals surface area (Å²) in [5.74, 6) is -2.64. The lowest BCUT2D eigenvalue weighted by molar-refractivity contribution is -0.190. The highest BCUT2D eigenvalue weighted by molar-refractivity contribution is 6.08. The molecule has 4 aromatic rings. The fraction of sp³-hybridized carbons (Fsp3) is 0.259. The van der Waals surface area contributed by atoms with E-state index in [9.17, 15) is 19.5 Å². The average Bonchev–Trinajstić information content (AvgIpc) is 3.59. The number of rotatable bonds is 6. The molecule has 2 aromatic carbocycles. The zero-order chi connectivity index (χ0) is 28.0. The highest BCUT2D eigenvalue weighted by Crippen LogP contribution is 2.44. The number of ether oxygens (including phenoxy) is 3. The maximum absolute atomic E-state index is 13.6. The lowest BCUT2D eigenvalue weighted by atomic mass is 9.97. The van der Waals surface area contributed by atoms with Crippen molar-refractivity contribution in [3.63, 3.8) is 0 Å². The maximum Gasteiger partial charge on any atom is 0.336 e. The summed E-state index contributed by atoms with van der Waals surface area (Å²) in [6.45, 7) is 3.44. The van der Waals surface area contributed by atoms with Gasteiger partial charge in [0.2, 0.25) is 0 Å². The molecule has 4 heterocycles. The molecule has 13 heteroatoms. The number of carboxylic acid groups (broad SMARTS) is 1. The molecule has 40 heavy (non-hydrogen) atoms. The van der Waals surface area contributed by atoms with Gasteiger partial charge >= 0.3 is 12.0 Å². The van der Waals surface area contributed by atoms with Crippen LogP contribution in [0.4, 0.5) is 16.3 Å².